The fourth-order valence-electron chi connectivity index (χ4n) is 2.71. The molecular formula is C13H19N3. The SMILES string of the molecule is c1cc(N2CCCC2)ncc1C1CCNC1. The number of aromatic nitrogens is 1. The average molecular weight is 217 g/mol. The van der Waals surface area contributed by atoms with E-state index in [1.165, 1.54) is 37.9 Å². The first-order valence-corrected chi connectivity index (χ1v) is 6.35. The van der Waals surface area contributed by atoms with Crippen LogP contribution in [-0.2, 0) is 0 Å². The normalized spacial score (nSPS) is 25.2. The van der Waals surface area contributed by atoms with E-state index in [2.05, 4.69) is 33.5 Å². The fourth-order valence-corrected chi connectivity index (χ4v) is 2.71. The van der Waals surface area contributed by atoms with Crippen LogP contribution in [0.25, 0.3) is 0 Å². The van der Waals surface area contributed by atoms with Crippen molar-refractivity contribution in [1.82, 2.24) is 10.3 Å². The van der Waals surface area contributed by atoms with Gasteiger partial charge in [-0.3, -0.25) is 0 Å². The first-order chi connectivity index (χ1) is 7.93. The van der Waals surface area contributed by atoms with Gasteiger partial charge in [0.05, 0.1) is 0 Å². The van der Waals surface area contributed by atoms with Crippen molar-refractivity contribution in [3.63, 3.8) is 0 Å². The van der Waals surface area contributed by atoms with E-state index in [0.717, 1.165) is 18.9 Å². The average Bonchev–Trinajstić information content (AvgIpc) is 3.03. The predicted octanol–water partition coefficient (Wildman–Crippen LogP) is 1.76. The van der Waals surface area contributed by atoms with E-state index in [9.17, 15) is 0 Å². The van der Waals surface area contributed by atoms with Crippen LogP contribution >= 0.6 is 0 Å². The molecular weight excluding hydrogens is 198 g/mol. The molecule has 0 aliphatic carbocycles. The molecule has 0 radical (unpaired) electrons. The lowest BCUT2D eigenvalue weighted by Crippen LogP contribution is -2.19. The lowest BCUT2D eigenvalue weighted by atomic mass is 10.0. The molecule has 3 nitrogen and oxygen atoms in total. The first-order valence-electron chi connectivity index (χ1n) is 6.35. The van der Waals surface area contributed by atoms with Crippen LogP contribution in [0.15, 0.2) is 18.3 Å². The molecule has 2 fully saturated rings. The monoisotopic (exact) mass is 217 g/mol. The van der Waals surface area contributed by atoms with Crippen molar-refractivity contribution in [2.75, 3.05) is 31.1 Å². The van der Waals surface area contributed by atoms with Gasteiger partial charge in [0.25, 0.3) is 0 Å². The summed E-state index contributed by atoms with van der Waals surface area (Å²) in [6.07, 6.45) is 5.96. The van der Waals surface area contributed by atoms with Gasteiger partial charge in [-0.15, -0.1) is 0 Å². The predicted molar refractivity (Wildman–Crippen MR) is 65.9 cm³/mol. The van der Waals surface area contributed by atoms with Gasteiger partial charge in [0.15, 0.2) is 0 Å². The smallest absolute Gasteiger partial charge is 0.128 e. The zero-order valence-electron chi connectivity index (χ0n) is 9.65. The summed E-state index contributed by atoms with van der Waals surface area (Å²) in [6, 6.07) is 4.46. The maximum Gasteiger partial charge on any atom is 0.128 e. The standard InChI is InChI=1S/C13H19N3/c1-2-8-16(7-1)13-4-3-11(10-15-13)12-5-6-14-9-12/h3-4,10,12,14H,1-2,5-9H2. The van der Waals surface area contributed by atoms with Gasteiger partial charge >= 0.3 is 0 Å². The van der Waals surface area contributed by atoms with Crippen molar-refractivity contribution in [3.05, 3.63) is 23.9 Å². The van der Waals surface area contributed by atoms with Crippen molar-refractivity contribution in [2.45, 2.75) is 25.2 Å². The van der Waals surface area contributed by atoms with E-state index in [1.54, 1.807) is 0 Å². The molecule has 2 aliphatic rings. The zero-order valence-corrected chi connectivity index (χ0v) is 9.65. The summed E-state index contributed by atoms with van der Waals surface area (Å²) in [7, 11) is 0. The first kappa shape index (κ1) is 10.1. The Morgan fingerprint density at radius 1 is 1.25 bits per heavy atom. The second kappa shape index (κ2) is 4.42. The van der Waals surface area contributed by atoms with E-state index >= 15 is 0 Å². The molecule has 3 heteroatoms. The number of hydrogen-bond acceptors (Lipinski definition) is 3. The summed E-state index contributed by atoms with van der Waals surface area (Å²) in [5.74, 6) is 1.84. The number of nitrogens with zero attached hydrogens (tertiary/aromatic N) is 2. The molecule has 1 atom stereocenters. The lowest BCUT2D eigenvalue weighted by Gasteiger charge is -2.17. The molecule has 0 aromatic carbocycles. The Balaban J connectivity index is 1.73. The molecule has 2 saturated heterocycles. The van der Waals surface area contributed by atoms with Crippen molar-refractivity contribution >= 4 is 5.82 Å². The van der Waals surface area contributed by atoms with E-state index in [0.29, 0.717) is 5.92 Å². The number of hydrogen-bond donors (Lipinski definition) is 1. The summed E-state index contributed by atoms with van der Waals surface area (Å²) in [6.45, 7) is 4.62. The van der Waals surface area contributed by atoms with Gasteiger partial charge in [-0.2, -0.15) is 0 Å². The Kier molecular flexibility index (Phi) is 2.79. The molecule has 0 amide bonds. The zero-order chi connectivity index (χ0) is 10.8. The second-order valence-corrected chi connectivity index (χ2v) is 4.83. The molecule has 0 spiro atoms. The van der Waals surface area contributed by atoms with Gasteiger partial charge in [-0.25, -0.2) is 4.98 Å². The van der Waals surface area contributed by atoms with Gasteiger partial charge in [0, 0.05) is 25.8 Å². The molecule has 2 aliphatic heterocycles. The van der Waals surface area contributed by atoms with Crippen molar-refractivity contribution in [3.8, 4) is 0 Å². The van der Waals surface area contributed by atoms with Crippen LogP contribution in [0.2, 0.25) is 0 Å². The molecule has 0 bridgehead atoms. The number of nitrogens with one attached hydrogen (secondary N) is 1. The summed E-state index contributed by atoms with van der Waals surface area (Å²) >= 11 is 0. The quantitative estimate of drug-likeness (QED) is 0.818. The van der Waals surface area contributed by atoms with Crippen LogP contribution in [0.3, 0.4) is 0 Å². The van der Waals surface area contributed by atoms with Gasteiger partial charge in [0.1, 0.15) is 5.82 Å². The van der Waals surface area contributed by atoms with Crippen LogP contribution in [0.4, 0.5) is 5.82 Å². The number of pyridine rings is 1. The van der Waals surface area contributed by atoms with E-state index < -0.39 is 0 Å². The van der Waals surface area contributed by atoms with E-state index in [-0.39, 0.29) is 0 Å². The van der Waals surface area contributed by atoms with E-state index in [1.807, 2.05) is 0 Å². The minimum atomic E-state index is 0.681. The molecule has 86 valence electrons. The summed E-state index contributed by atoms with van der Waals surface area (Å²) in [4.78, 5) is 6.99. The van der Waals surface area contributed by atoms with Gasteiger partial charge in [-0.1, -0.05) is 6.07 Å². The molecule has 1 unspecified atom stereocenters. The third-order valence-electron chi connectivity index (χ3n) is 3.73. The lowest BCUT2D eigenvalue weighted by molar-refractivity contribution is 0.757. The molecule has 3 rings (SSSR count). The van der Waals surface area contributed by atoms with Crippen LogP contribution < -0.4 is 10.2 Å². The Hall–Kier alpha value is -1.09. The summed E-state index contributed by atoms with van der Waals surface area (Å²) < 4.78 is 0. The maximum atomic E-state index is 4.60. The Morgan fingerprint density at radius 2 is 2.12 bits per heavy atom. The minimum Gasteiger partial charge on any atom is -0.357 e. The Bertz CT molecular complexity index is 300. The highest BCUT2D eigenvalue weighted by Gasteiger charge is 2.18. The van der Waals surface area contributed by atoms with Crippen LogP contribution in [-0.4, -0.2) is 31.2 Å². The molecule has 1 aromatic rings. The van der Waals surface area contributed by atoms with Gasteiger partial charge in [-0.05, 0) is 43.4 Å². The Labute approximate surface area is 96.9 Å². The fraction of sp³-hybridized carbons (Fsp3) is 0.615. The third-order valence-corrected chi connectivity index (χ3v) is 3.73. The molecule has 16 heavy (non-hydrogen) atoms. The minimum absolute atomic E-state index is 0.681. The third kappa shape index (κ3) is 1.92. The van der Waals surface area contributed by atoms with Crippen molar-refractivity contribution in [1.29, 1.82) is 0 Å². The highest BCUT2D eigenvalue weighted by Crippen LogP contribution is 2.24. The second-order valence-electron chi connectivity index (χ2n) is 4.83. The molecule has 0 saturated carbocycles. The molecule has 1 N–H and O–H groups in total. The maximum absolute atomic E-state index is 4.60. The van der Waals surface area contributed by atoms with Gasteiger partial charge < -0.3 is 10.2 Å². The summed E-state index contributed by atoms with van der Waals surface area (Å²) in [5.41, 5.74) is 1.40. The largest absolute Gasteiger partial charge is 0.357 e. The van der Waals surface area contributed by atoms with Crippen LogP contribution in [0.5, 0.6) is 0 Å². The van der Waals surface area contributed by atoms with Crippen LogP contribution in [0.1, 0.15) is 30.7 Å². The highest BCUT2D eigenvalue weighted by molar-refractivity contribution is 5.40. The van der Waals surface area contributed by atoms with Crippen molar-refractivity contribution < 1.29 is 0 Å². The van der Waals surface area contributed by atoms with Gasteiger partial charge in [0.2, 0.25) is 0 Å². The Morgan fingerprint density at radius 3 is 2.75 bits per heavy atom. The topological polar surface area (TPSA) is 28.2 Å². The molecule has 3 heterocycles. The number of rotatable bonds is 2. The molecule has 1 aromatic heterocycles. The highest BCUT2D eigenvalue weighted by atomic mass is 15.2. The van der Waals surface area contributed by atoms with Crippen LogP contribution in [0, 0.1) is 0 Å². The number of anilines is 1. The van der Waals surface area contributed by atoms with Crippen molar-refractivity contribution in [2.24, 2.45) is 0 Å². The summed E-state index contributed by atoms with van der Waals surface area (Å²) in [5, 5.41) is 3.40. The van der Waals surface area contributed by atoms with E-state index in [4.69, 9.17) is 0 Å².